The second kappa shape index (κ2) is 6.93. The highest BCUT2D eigenvalue weighted by Crippen LogP contribution is 2.25. The van der Waals surface area contributed by atoms with Crippen LogP contribution in [0, 0.1) is 5.92 Å². The van der Waals surface area contributed by atoms with Gasteiger partial charge in [-0.15, -0.1) is 0 Å². The molecule has 8 heteroatoms. The first-order chi connectivity index (χ1) is 8.91. The third kappa shape index (κ3) is 4.74. The monoisotopic (exact) mass is 285 g/mol. The molecular weight excluding hydrogens is 266 g/mol. The van der Waals surface area contributed by atoms with Gasteiger partial charge in [-0.05, 0) is 17.5 Å². The van der Waals surface area contributed by atoms with Crippen LogP contribution in [0.3, 0.4) is 0 Å². The Kier molecular flexibility index (Phi) is 5.56. The molecule has 0 aliphatic carbocycles. The summed E-state index contributed by atoms with van der Waals surface area (Å²) in [6, 6.07) is 0. The number of carbonyl (C=O) groups excluding carboxylic acids is 2. The number of rotatable bonds is 7. The number of hydrogen-bond acceptors (Lipinski definition) is 6. The summed E-state index contributed by atoms with van der Waals surface area (Å²) in [5, 5.41) is 6.25. The zero-order chi connectivity index (χ0) is 14.4. The van der Waals surface area contributed by atoms with Gasteiger partial charge in [0.1, 0.15) is 10.6 Å². The Morgan fingerprint density at radius 1 is 1.42 bits per heavy atom. The predicted octanol–water partition coefficient (Wildman–Crippen LogP) is 0.398. The molecule has 0 saturated heterocycles. The largest absolute Gasteiger partial charge is 0.382 e. The lowest BCUT2D eigenvalue weighted by atomic mass is 10.2. The first kappa shape index (κ1) is 15.2. The van der Waals surface area contributed by atoms with Crippen LogP contribution in [0.2, 0.25) is 0 Å². The number of hydrogen-bond donors (Lipinski definition) is 4. The van der Waals surface area contributed by atoms with Crippen LogP contribution in [-0.2, 0) is 4.79 Å². The summed E-state index contributed by atoms with van der Waals surface area (Å²) in [7, 11) is 0. The van der Waals surface area contributed by atoms with E-state index in [0.29, 0.717) is 30.4 Å². The number of amides is 2. The number of nitrogen functional groups attached to an aromatic ring is 1. The number of aromatic nitrogens is 1. The smallest absolute Gasteiger partial charge is 0.255 e. The van der Waals surface area contributed by atoms with E-state index >= 15 is 0 Å². The molecule has 0 aromatic carbocycles. The van der Waals surface area contributed by atoms with Crippen molar-refractivity contribution >= 4 is 34.2 Å². The van der Waals surface area contributed by atoms with Gasteiger partial charge in [0.05, 0.1) is 0 Å². The van der Waals surface area contributed by atoms with Gasteiger partial charge in [0.15, 0.2) is 5.82 Å². The molecule has 7 nitrogen and oxygen atoms in total. The predicted molar refractivity (Wildman–Crippen MR) is 76.0 cm³/mol. The Morgan fingerprint density at radius 3 is 2.68 bits per heavy atom. The van der Waals surface area contributed by atoms with Crippen molar-refractivity contribution in [2.75, 3.05) is 24.1 Å². The maximum Gasteiger partial charge on any atom is 0.255 e. The van der Waals surface area contributed by atoms with Crippen molar-refractivity contribution in [3.63, 3.8) is 0 Å². The van der Waals surface area contributed by atoms with E-state index in [1.165, 1.54) is 0 Å². The number of nitrogens with two attached hydrogens (primary N) is 2. The van der Waals surface area contributed by atoms with Crippen LogP contribution in [0.5, 0.6) is 0 Å². The van der Waals surface area contributed by atoms with E-state index in [1.54, 1.807) is 0 Å². The maximum atomic E-state index is 11.5. The van der Waals surface area contributed by atoms with Crippen LogP contribution in [0.4, 0.5) is 10.8 Å². The third-order valence-corrected chi connectivity index (χ3v) is 3.13. The van der Waals surface area contributed by atoms with Gasteiger partial charge in [0.2, 0.25) is 5.91 Å². The first-order valence-electron chi connectivity index (χ1n) is 5.97. The van der Waals surface area contributed by atoms with Gasteiger partial charge in [0, 0.05) is 19.5 Å². The standard InChI is InChI=1S/C11H19N5O2S/c1-6(2)5-15-7(17)3-4-14-11-8(10(13)18)9(12)16-19-11/h6,14H,3-5H2,1-2H3,(H2,12,16)(H2,13,18)(H,15,17). The lowest BCUT2D eigenvalue weighted by molar-refractivity contribution is -0.120. The summed E-state index contributed by atoms with van der Waals surface area (Å²) < 4.78 is 3.85. The molecule has 2 amide bonds. The second-order valence-electron chi connectivity index (χ2n) is 4.51. The minimum Gasteiger partial charge on any atom is -0.382 e. The highest BCUT2D eigenvalue weighted by Gasteiger charge is 2.16. The Labute approximate surface area is 115 Å². The molecule has 6 N–H and O–H groups in total. The van der Waals surface area contributed by atoms with Crippen LogP contribution in [0.15, 0.2) is 0 Å². The van der Waals surface area contributed by atoms with Crippen LogP contribution in [0.25, 0.3) is 0 Å². The van der Waals surface area contributed by atoms with E-state index in [-0.39, 0.29) is 17.3 Å². The molecule has 0 saturated carbocycles. The third-order valence-electron chi connectivity index (χ3n) is 2.31. The number of nitrogens with zero attached hydrogens (tertiary/aromatic N) is 1. The van der Waals surface area contributed by atoms with E-state index in [0.717, 1.165) is 11.5 Å². The highest BCUT2D eigenvalue weighted by atomic mass is 32.1. The SMILES string of the molecule is CC(C)CNC(=O)CCNc1snc(N)c1C(N)=O. The number of carbonyl (C=O) groups is 2. The van der Waals surface area contributed by atoms with E-state index in [4.69, 9.17) is 11.5 Å². The lowest BCUT2D eigenvalue weighted by Crippen LogP contribution is -2.28. The zero-order valence-electron chi connectivity index (χ0n) is 11.0. The van der Waals surface area contributed by atoms with Gasteiger partial charge in [-0.3, -0.25) is 9.59 Å². The van der Waals surface area contributed by atoms with Gasteiger partial charge in [-0.1, -0.05) is 13.8 Å². The lowest BCUT2D eigenvalue weighted by Gasteiger charge is -2.08. The minimum absolute atomic E-state index is 0.0423. The molecule has 19 heavy (non-hydrogen) atoms. The topological polar surface area (TPSA) is 123 Å². The Balaban J connectivity index is 2.41. The van der Waals surface area contributed by atoms with Crippen molar-refractivity contribution in [2.45, 2.75) is 20.3 Å². The maximum absolute atomic E-state index is 11.5. The fourth-order valence-electron chi connectivity index (χ4n) is 1.36. The molecule has 0 spiro atoms. The molecule has 0 atom stereocenters. The van der Waals surface area contributed by atoms with E-state index < -0.39 is 5.91 Å². The molecule has 0 fully saturated rings. The van der Waals surface area contributed by atoms with Gasteiger partial charge in [-0.25, -0.2) is 0 Å². The molecule has 1 heterocycles. The molecule has 1 aromatic rings. The summed E-state index contributed by atoms with van der Waals surface area (Å²) in [6.07, 6.45) is 0.308. The number of anilines is 2. The van der Waals surface area contributed by atoms with Crippen molar-refractivity contribution in [1.82, 2.24) is 9.69 Å². The van der Waals surface area contributed by atoms with Crippen molar-refractivity contribution in [2.24, 2.45) is 11.7 Å². The van der Waals surface area contributed by atoms with Crippen molar-refractivity contribution in [3.8, 4) is 0 Å². The average Bonchev–Trinajstić information content (AvgIpc) is 2.68. The highest BCUT2D eigenvalue weighted by molar-refractivity contribution is 7.11. The van der Waals surface area contributed by atoms with Crippen LogP contribution in [-0.4, -0.2) is 29.3 Å². The molecule has 1 aromatic heterocycles. The summed E-state index contributed by atoms with van der Waals surface area (Å²) >= 11 is 1.06. The average molecular weight is 285 g/mol. The van der Waals surface area contributed by atoms with Crippen LogP contribution < -0.4 is 22.1 Å². The summed E-state index contributed by atoms with van der Waals surface area (Å²) in [5.74, 6) is -0.138. The normalized spacial score (nSPS) is 10.5. The number of primary amides is 1. The molecule has 0 unspecified atom stereocenters. The second-order valence-corrected chi connectivity index (χ2v) is 5.28. The molecule has 0 aliphatic heterocycles. The number of nitrogens with one attached hydrogen (secondary N) is 2. The molecular formula is C11H19N5O2S. The van der Waals surface area contributed by atoms with E-state index in [1.807, 2.05) is 13.8 Å². The first-order valence-corrected chi connectivity index (χ1v) is 6.74. The van der Waals surface area contributed by atoms with Gasteiger partial charge in [0.25, 0.3) is 5.91 Å². The summed E-state index contributed by atoms with van der Waals surface area (Å²) in [4.78, 5) is 22.6. The zero-order valence-corrected chi connectivity index (χ0v) is 11.8. The van der Waals surface area contributed by atoms with Gasteiger partial charge < -0.3 is 22.1 Å². The van der Waals surface area contributed by atoms with Crippen LogP contribution >= 0.6 is 11.5 Å². The van der Waals surface area contributed by atoms with Gasteiger partial charge >= 0.3 is 0 Å². The fraction of sp³-hybridized carbons (Fsp3) is 0.545. The summed E-state index contributed by atoms with van der Waals surface area (Å²) in [6.45, 7) is 5.10. The Morgan fingerprint density at radius 2 is 2.11 bits per heavy atom. The van der Waals surface area contributed by atoms with Crippen LogP contribution in [0.1, 0.15) is 30.6 Å². The van der Waals surface area contributed by atoms with Crippen molar-refractivity contribution < 1.29 is 9.59 Å². The quantitative estimate of drug-likeness (QED) is 0.577. The Hall–Kier alpha value is -1.83. The molecule has 0 aliphatic rings. The molecule has 0 radical (unpaired) electrons. The molecule has 106 valence electrons. The van der Waals surface area contributed by atoms with E-state index in [9.17, 15) is 9.59 Å². The fourth-order valence-corrected chi connectivity index (χ4v) is 2.10. The minimum atomic E-state index is -0.627. The molecule has 1 rings (SSSR count). The summed E-state index contributed by atoms with van der Waals surface area (Å²) in [5.41, 5.74) is 10.9. The van der Waals surface area contributed by atoms with E-state index in [2.05, 4.69) is 15.0 Å². The molecule has 0 bridgehead atoms. The van der Waals surface area contributed by atoms with Gasteiger partial charge in [-0.2, -0.15) is 4.37 Å². The Bertz CT molecular complexity index is 458. The van der Waals surface area contributed by atoms with Crippen molar-refractivity contribution in [3.05, 3.63) is 5.56 Å². The van der Waals surface area contributed by atoms with Crippen molar-refractivity contribution in [1.29, 1.82) is 0 Å².